The second kappa shape index (κ2) is 6.86. The van der Waals surface area contributed by atoms with E-state index in [4.69, 9.17) is 15.2 Å². The van der Waals surface area contributed by atoms with Crippen LogP contribution in [-0.2, 0) is 4.74 Å². The van der Waals surface area contributed by atoms with Crippen molar-refractivity contribution in [3.8, 4) is 5.75 Å². The molecular weight excluding hydrogens is 232 g/mol. The zero-order valence-corrected chi connectivity index (χ0v) is 11.0. The number of benzene rings is 1. The molecule has 0 aliphatic rings. The second-order valence-electron chi connectivity index (χ2n) is 4.08. The highest BCUT2D eigenvalue weighted by atomic mass is 16.5. The zero-order chi connectivity index (χ0) is 13.5. The number of amides is 1. The average molecular weight is 252 g/mol. The molecule has 18 heavy (non-hydrogen) atoms. The molecule has 0 radical (unpaired) electrons. The Morgan fingerprint density at radius 3 is 2.78 bits per heavy atom. The molecule has 1 atom stereocenters. The minimum absolute atomic E-state index is 0.0155. The van der Waals surface area contributed by atoms with E-state index in [-0.39, 0.29) is 11.9 Å². The maximum atomic E-state index is 12.1. The van der Waals surface area contributed by atoms with Gasteiger partial charge in [-0.15, -0.1) is 0 Å². The Kier molecular flexibility index (Phi) is 5.45. The quantitative estimate of drug-likeness (QED) is 0.751. The fourth-order valence-electron chi connectivity index (χ4n) is 1.62. The van der Waals surface area contributed by atoms with Crippen molar-refractivity contribution in [1.82, 2.24) is 5.32 Å². The van der Waals surface area contributed by atoms with E-state index in [2.05, 4.69) is 5.32 Å². The SMILES string of the molecule is COCCC(C)NC(=O)c1c(N)cccc1OC. The monoisotopic (exact) mass is 252 g/mol. The summed E-state index contributed by atoms with van der Waals surface area (Å²) in [5.41, 5.74) is 6.60. The van der Waals surface area contributed by atoms with Crippen LogP contribution in [0.4, 0.5) is 5.69 Å². The van der Waals surface area contributed by atoms with Crippen LogP contribution in [0.2, 0.25) is 0 Å². The maximum Gasteiger partial charge on any atom is 0.257 e. The van der Waals surface area contributed by atoms with Gasteiger partial charge >= 0.3 is 0 Å². The van der Waals surface area contributed by atoms with Gasteiger partial charge in [-0.1, -0.05) is 6.07 Å². The number of ether oxygens (including phenoxy) is 2. The third kappa shape index (κ3) is 3.63. The lowest BCUT2D eigenvalue weighted by atomic mass is 10.1. The van der Waals surface area contributed by atoms with Gasteiger partial charge < -0.3 is 20.5 Å². The molecule has 0 heterocycles. The molecule has 1 unspecified atom stereocenters. The fraction of sp³-hybridized carbons (Fsp3) is 0.462. The van der Waals surface area contributed by atoms with Gasteiger partial charge in [0.25, 0.3) is 5.91 Å². The van der Waals surface area contributed by atoms with Gasteiger partial charge in [-0.25, -0.2) is 0 Å². The van der Waals surface area contributed by atoms with Gasteiger partial charge in [0.1, 0.15) is 11.3 Å². The van der Waals surface area contributed by atoms with Gasteiger partial charge in [-0.2, -0.15) is 0 Å². The third-order valence-corrected chi connectivity index (χ3v) is 2.64. The summed E-state index contributed by atoms with van der Waals surface area (Å²) in [5.74, 6) is 0.250. The number of hydrogen-bond acceptors (Lipinski definition) is 4. The Morgan fingerprint density at radius 2 is 2.17 bits per heavy atom. The van der Waals surface area contributed by atoms with Crippen LogP contribution in [-0.4, -0.2) is 32.8 Å². The standard InChI is InChI=1S/C13H20N2O3/c1-9(7-8-17-2)15-13(16)12-10(14)5-4-6-11(12)18-3/h4-6,9H,7-8,14H2,1-3H3,(H,15,16). The van der Waals surface area contributed by atoms with Crippen molar-refractivity contribution in [2.24, 2.45) is 0 Å². The van der Waals surface area contributed by atoms with E-state index in [0.717, 1.165) is 6.42 Å². The number of nitrogen functional groups attached to an aromatic ring is 1. The van der Waals surface area contributed by atoms with Gasteiger partial charge in [-0.05, 0) is 25.5 Å². The molecule has 3 N–H and O–H groups in total. The number of hydrogen-bond donors (Lipinski definition) is 2. The highest BCUT2D eigenvalue weighted by molar-refractivity contribution is 6.02. The topological polar surface area (TPSA) is 73.6 Å². The zero-order valence-electron chi connectivity index (χ0n) is 11.0. The van der Waals surface area contributed by atoms with Crippen molar-refractivity contribution >= 4 is 11.6 Å². The lowest BCUT2D eigenvalue weighted by Crippen LogP contribution is -2.34. The van der Waals surface area contributed by atoms with Crippen LogP contribution in [0.1, 0.15) is 23.7 Å². The Labute approximate surface area is 107 Å². The van der Waals surface area contributed by atoms with Crippen LogP contribution in [0.3, 0.4) is 0 Å². The van der Waals surface area contributed by atoms with Gasteiger partial charge in [-0.3, -0.25) is 4.79 Å². The summed E-state index contributed by atoms with van der Waals surface area (Å²) in [6.45, 7) is 2.52. The first-order chi connectivity index (χ1) is 8.60. The summed E-state index contributed by atoms with van der Waals surface area (Å²) < 4.78 is 10.1. The molecule has 0 aromatic heterocycles. The summed E-state index contributed by atoms with van der Waals surface area (Å²) in [5, 5.41) is 2.87. The Bertz CT molecular complexity index is 407. The molecule has 1 amide bonds. The lowest BCUT2D eigenvalue weighted by molar-refractivity contribution is 0.0927. The van der Waals surface area contributed by atoms with Crippen LogP contribution >= 0.6 is 0 Å². The van der Waals surface area contributed by atoms with Crippen molar-refractivity contribution in [3.63, 3.8) is 0 Å². The molecule has 100 valence electrons. The molecule has 1 aromatic carbocycles. The first-order valence-electron chi connectivity index (χ1n) is 5.82. The highest BCUT2D eigenvalue weighted by Gasteiger charge is 2.17. The van der Waals surface area contributed by atoms with E-state index in [1.165, 1.54) is 7.11 Å². The number of carbonyl (C=O) groups is 1. The molecule has 0 saturated carbocycles. The minimum atomic E-state index is -0.228. The third-order valence-electron chi connectivity index (χ3n) is 2.64. The Morgan fingerprint density at radius 1 is 1.44 bits per heavy atom. The Hall–Kier alpha value is -1.75. The van der Waals surface area contributed by atoms with Crippen LogP contribution in [0.15, 0.2) is 18.2 Å². The predicted molar refractivity (Wildman–Crippen MR) is 70.8 cm³/mol. The predicted octanol–water partition coefficient (Wildman–Crippen LogP) is 1.43. The van der Waals surface area contributed by atoms with Gasteiger partial charge in [0.05, 0.1) is 7.11 Å². The molecule has 0 bridgehead atoms. The number of anilines is 1. The van der Waals surface area contributed by atoms with E-state index in [1.54, 1.807) is 25.3 Å². The second-order valence-corrected chi connectivity index (χ2v) is 4.08. The smallest absolute Gasteiger partial charge is 0.257 e. The van der Waals surface area contributed by atoms with Crippen molar-refractivity contribution in [2.45, 2.75) is 19.4 Å². The first-order valence-corrected chi connectivity index (χ1v) is 5.82. The number of carbonyl (C=O) groups excluding carboxylic acids is 1. The van der Waals surface area contributed by atoms with Crippen molar-refractivity contribution in [1.29, 1.82) is 0 Å². The maximum absolute atomic E-state index is 12.1. The molecule has 5 heteroatoms. The molecule has 0 fully saturated rings. The van der Waals surface area contributed by atoms with E-state index in [0.29, 0.717) is 23.6 Å². The number of nitrogens with one attached hydrogen (secondary N) is 1. The van der Waals surface area contributed by atoms with Crippen LogP contribution < -0.4 is 15.8 Å². The molecule has 0 aliphatic heterocycles. The summed E-state index contributed by atoms with van der Waals surface area (Å²) in [4.78, 5) is 12.1. The normalized spacial score (nSPS) is 11.9. The van der Waals surface area contributed by atoms with E-state index >= 15 is 0 Å². The summed E-state index contributed by atoms with van der Waals surface area (Å²) >= 11 is 0. The average Bonchev–Trinajstić information content (AvgIpc) is 2.35. The number of nitrogens with two attached hydrogens (primary N) is 1. The van der Waals surface area contributed by atoms with Crippen LogP contribution in [0, 0.1) is 0 Å². The van der Waals surface area contributed by atoms with Crippen LogP contribution in [0.25, 0.3) is 0 Å². The molecule has 5 nitrogen and oxygen atoms in total. The summed E-state index contributed by atoms with van der Waals surface area (Å²) in [6, 6.07) is 5.16. The Balaban J connectivity index is 2.78. The molecule has 0 saturated heterocycles. The molecule has 0 spiro atoms. The van der Waals surface area contributed by atoms with Gasteiger partial charge in [0.2, 0.25) is 0 Å². The summed E-state index contributed by atoms with van der Waals surface area (Å²) in [7, 11) is 3.15. The van der Waals surface area contributed by atoms with Crippen molar-refractivity contribution in [3.05, 3.63) is 23.8 Å². The number of rotatable bonds is 6. The van der Waals surface area contributed by atoms with Gasteiger partial charge in [0, 0.05) is 25.4 Å². The number of methoxy groups -OCH3 is 2. The van der Waals surface area contributed by atoms with Crippen LogP contribution in [0.5, 0.6) is 5.75 Å². The first kappa shape index (κ1) is 14.3. The minimum Gasteiger partial charge on any atom is -0.496 e. The molecule has 1 rings (SSSR count). The van der Waals surface area contributed by atoms with E-state index in [1.807, 2.05) is 6.92 Å². The fourth-order valence-corrected chi connectivity index (χ4v) is 1.62. The highest BCUT2D eigenvalue weighted by Crippen LogP contribution is 2.23. The molecule has 1 aromatic rings. The molecule has 0 aliphatic carbocycles. The van der Waals surface area contributed by atoms with E-state index in [9.17, 15) is 4.79 Å². The van der Waals surface area contributed by atoms with Crippen molar-refractivity contribution < 1.29 is 14.3 Å². The summed E-state index contributed by atoms with van der Waals surface area (Å²) in [6.07, 6.45) is 0.747. The molecular formula is C13H20N2O3. The van der Waals surface area contributed by atoms with Gasteiger partial charge in [0.15, 0.2) is 0 Å². The lowest BCUT2D eigenvalue weighted by Gasteiger charge is -2.16. The van der Waals surface area contributed by atoms with E-state index < -0.39 is 0 Å². The van der Waals surface area contributed by atoms with Crippen molar-refractivity contribution in [2.75, 3.05) is 26.6 Å². The largest absolute Gasteiger partial charge is 0.496 e.